The predicted molar refractivity (Wildman–Crippen MR) is 118 cm³/mol. The molecule has 148 valence electrons. The average molecular weight is 432 g/mol. The Hall–Kier alpha value is -3.23. The molecule has 0 amide bonds. The Kier molecular flexibility index (Phi) is 5.17. The molecule has 3 aromatic heterocycles. The summed E-state index contributed by atoms with van der Waals surface area (Å²) in [5.41, 5.74) is 1.98. The number of hydrogen-bond acceptors (Lipinski definition) is 7. The first kappa shape index (κ1) is 18.8. The summed E-state index contributed by atoms with van der Waals surface area (Å²) in [6.07, 6.45) is 0. The summed E-state index contributed by atoms with van der Waals surface area (Å²) >= 11 is 3.19. The quantitative estimate of drug-likeness (QED) is 0.332. The number of rotatable bonds is 6. The second-order valence-corrected chi connectivity index (χ2v) is 8.59. The molecule has 0 spiro atoms. The van der Waals surface area contributed by atoms with Gasteiger partial charge in [-0.3, -0.25) is 0 Å². The lowest BCUT2D eigenvalue weighted by Crippen LogP contribution is -2.01. The molecule has 0 aliphatic heterocycles. The highest BCUT2D eigenvalue weighted by Gasteiger charge is 2.26. The highest BCUT2D eigenvalue weighted by atomic mass is 32.2. The van der Waals surface area contributed by atoms with Crippen LogP contribution in [-0.2, 0) is 7.05 Å². The largest absolute Gasteiger partial charge is 0.337 e. The van der Waals surface area contributed by atoms with E-state index >= 15 is 0 Å². The molecular weight excluding hydrogens is 414 g/mol. The Morgan fingerprint density at radius 2 is 1.70 bits per heavy atom. The summed E-state index contributed by atoms with van der Waals surface area (Å²) in [5, 5.41) is 15.6. The second-order valence-electron chi connectivity index (χ2n) is 6.57. The Morgan fingerprint density at radius 3 is 2.43 bits per heavy atom. The number of aromatic nitrogens is 5. The molecule has 0 fully saturated rings. The van der Waals surface area contributed by atoms with E-state index in [4.69, 9.17) is 4.52 Å². The van der Waals surface area contributed by atoms with Crippen LogP contribution in [0.1, 0.15) is 16.7 Å². The minimum Gasteiger partial charge on any atom is -0.337 e. The molecule has 0 unspecified atom stereocenters. The van der Waals surface area contributed by atoms with Gasteiger partial charge in [-0.15, -0.1) is 21.5 Å². The lowest BCUT2D eigenvalue weighted by atomic mass is 10.1. The van der Waals surface area contributed by atoms with Gasteiger partial charge in [0, 0.05) is 12.6 Å². The molecule has 0 radical (unpaired) electrons. The van der Waals surface area contributed by atoms with Gasteiger partial charge in [0.2, 0.25) is 11.7 Å². The first-order valence-corrected chi connectivity index (χ1v) is 11.1. The van der Waals surface area contributed by atoms with E-state index in [2.05, 4.69) is 32.5 Å². The maximum Gasteiger partial charge on any atom is 0.245 e. The zero-order chi connectivity index (χ0) is 20.3. The molecule has 6 nitrogen and oxygen atoms in total. The highest BCUT2D eigenvalue weighted by Crippen LogP contribution is 2.40. The molecule has 8 heteroatoms. The maximum absolute atomic E-state index is 5.69. The van der Waals surface area contributed by atoms with Crippen LogP contribution >= 0.6 is 23.1 Å². The predicted octanol–water partition coefficient (Wildman–Crippen LogP) is 5.48. The summed E-state index contributed by atoms with van der Waals surface area (Å²) < 4.78 is 7.69. The van der Waals surface area contributed by atoms with Crippen LogP contribution in [-0.4, -0.2) is 24.9 Å². The maximum atomic E-state index is 5.69. The van der Waals surface area contributed by atoms with Crippen molar-refractivity contribution in [1.82, 2.24) is 24.9 Å². The molecule has 3 heterocycles. The van der Waals surface area contributed by atoms with Crippen molar-refractivity contribution in [2.45, 2.75) is 10.4 Å². The van der Waals surface area contributed by atoms with Gasteiger partial charge in [-0.2, -0.15) is 4.98 Å². The molecule has 0 N–H and O–H groups in total. The Labute approximate surface area is 181 Å². The SMILES string of the molecule is Cn1c(S[C@H](c2ccccc2)c2nc(-c3ccccc3)no2)nnc1-c1cccs1. The van der Waals surface area contributed by atoms with Crippen molar-refractivity contribution >= 4 is 23.1 Å². The molecule has 5 aromatic rings. The van der Waals surface area contributed by atoms with E-state index in [0.29, 0.717) is 11.7 Å². The molecule has 0 saturated carbocycles. The Balaban J connectivity index is 1.51. The molecule has 0 aliphatic rings. The molecule has 1 atom stereocenters. The van der Waals surface area contributed by atoms with Crippen LogP contribution in [0.2, 0.25) is 0 Å². The van der Waals surface area contributed by atoms with Gasteiger partial charge < -0.3 is 9.09 Å². The minimum atomic E-state index is -0.199. The van der Waals surface area contributed by atoms with Crippen LogP contribution in [0.15, 0.2) is 87.9 Å². The summed E-state index contributed by atoms with van der Waals surface area (Å²) in [7, 11) is 1.97. The van der Waals surface area contributed by atoms with Crippen LogP contribution < -0.4 is 0 Å². The standard InChI is InChI=1S/C22H17N5OS2/c1-27-20(17-13-8-14-29-17)24-25-22(27)30-18(15-9-4-2-5-10-15)21-23-19(26-28-21)16-11-6-3-7-12-16/h2-14,18H,1H3/t18-/m1/s1. The number of hydrogen-bond donors (Lipinski definition) is 0. The van der Waals surface area contributed by atoms with E-state index in [1.165, 1.54) is 0 Å². The molecule has 30 heavy (non-hydrogen) atoms. The Bertz CT molecular complexity index is 1230. The Morgan fingerprint density at radius 1 is 0.933 bits per heavy atom. The van der Waals surface area contributed by atoms with Crippen molar-refractivity contribution in [1.29, 1.82) is 0 Å². The molecule has 0 bridgehead atoms. The summed E-state index contributed by atoms with van der Waals surface area (Å²) in [6.45, 7) is 0. The fourth-order valence-corrected chi connectivity index (χ4v) is 4.86. The zero-order valence-electron chi connectivity index (χ0n) is 16.0. The number of benzene rings is 2. The normalized spacial score (nSPS) is 12.2. The van der Waals surface area contributed by atoms with Gasteiger partial charge in [0.1, 0.15) is 5.25 Å². The smallest absolute Gasteiger partial charge is 0.245 e. The topological polar surface area (TPSA) is 69.6 Å². The van der Waals surface area contributed by atoms with Crippen molar-refractivity contribution in [3.05, 3.63) is 89.6 Å². The van der Waals surface area contributed by atoms with Crippen LogP contribution in [0.4, 0.5) is 0 Å². The van der Waals surface area contributed by atoms with E-state index in [1.54, 1.807) is 23.1 Å². The van der Waals surface area contributed by atoms with Gasteiger partial charge in [0.15, 0.2) is 11.0 Å². The van der Waals surface area contributed by atoms with Gasteiger partial charge in [0.25, 0.3) is 0 Å². The number of thiophene rings is 1. The van der Waals surface area contributed by atoms with Crippen LogP contribution in [0.5, 0.6) is 0 Å². The first-order chi connectivity index (χ1) is 14.8. The molecular formula is C22H17N5OS2. The molecule has 0 saturated heterocycles. The van der Waals surface area contributed by atoms with E-state index < -0.39 is 0 Å². The van der Waals surface area contributed by atoms with Gasteiger partial charge in [-0.1, -0.05) is 83.6 Å². The van der Waals surface area contributed by atoms with Gasteiger partial charge in [-0.25, -0.2) is 0 Å². The fourth-order valence-electron chi connectivity index (χ4n) is 3.08. The van der Waals surface area contributed by atoms with Gasteiger partial charge >= 0.3 is 0 Å². The molecule has 0 aliphatic carbocycles. The van der Waals surface area contributed by atoms with Crippen molar-refractivity contribution in [3.8, 4) is 22.1 Å². The number of nitrogens with zero attached hydrogens (tertiary/aromatic N) is 5. The number of thioether (sulfide) groups is 1. The third-order valence-corrected chi connectivity index (χ3v) is 6.74. The van der Waals surface area contributed by atoms with E-state index in [-0.39, 0.29) is 5.25 Å². The van der Waals surface area contributed by atoms with Gasteiger partial charge in [0.05, 0.1) is 4.88 Å². The third-order valence-electron chi connectivity index (χ3n) is 4.60. The summed E-state index contributed by atoms with van der Waals surface area (Å²) in [5.74, 6) is 1.95. The lowest BCUT2D eigenvalue weighted by molar-refractivity contribution is 0.384. The monoisotopic (exact) mass is 431 g/mol. The van der Waals surface area contributed by atoms with E-state index in [9.17, 15) is 0 Å². The second kappa shape index (κ2) is 8.25. The summed E-state index contributed by atoms with van der Waals surface area (Å²) in [6, 6.07) is 24.0. The fraction of sp³-hybridized carbons (Fsp3) is 0.0909. The summed E-state index contributed by atoms with van der Waals surface area (Å²) in [4.78, 5) is 5.77. The van der Waals surface area contributed by atoms with Crippen molar-refractivity contribution in [2.24, 2.45) is 7.05 Å². The first-order valence-electron chi connectivity index (χ1n) is 9.33. The lowest BCUT2D eigenvalue weighted by Gasteiger charge is -2.12. The minimum absolute atomic E-state index is 0.199. The van der Waals surface area contributed by atoms with E-state index in [0.717, 1.165) is 27.0 Å². The van der Waals surface area contributed by atoms with Crippen molar-refractivity contribution < 1.29 is 4.52 Å². The van der Waals surface area contributed by atoms with Crippen molar-refractivity contribution in [3.63, 3.8) is 0 Å². The van der Waals surface area contributed by atoms with Crippen LogP contribution in [0, 0.1) is 0 Å². The molecule has 2 aromatic carbocycles. The van der Waals surface area contributed by atoms with Crippen molar-refractivity contribution in [2.75, 3.05) is 0 Å². The average Bonchev–Trinajstić information content (AvgIpc) is 3.55. The molecule has 5 rings (SSSR count). The van der Waals surface area contributed by atoms with Crippen LogP contribution in [0.25, 0.3) is 22.1 Å². The zero-order valence-corrected chi connectivity index (χ0v) is 17.7. The van der Waals surface area contributed by atoms with Gasteiger partial charge in [-0.05, 0) is 17.0 Å². The van der Waals surface area contributed by atoms with E-state index in [1.807, 2.05) is 77.7 Å². The third kappa shape index (κ3) is 3.67. The highest BCUT2D eigenvalue weighted by molar-refractivity contribution is 7.99. The van der Waals surface area contributed by atoms with Crippen LogP contribution in [0.3, 0.4) is 0 Å².